The number of nitrogens with two attached hydrogens (primary N) is 1. The summed E-state index contributed by atoms with van der Waals surface area (Å²) in [6, 6.07) is 5.95. The van der Waals surface area contributed by atoms with Crippen LogP contribution < -0.4 is 25.8 Å². The van der Waals surface area contributed by atoms with Crippen LogP contribution in [0.15, 0.2) is 23.2 Å². The molecule has 2 aliphatic heterocycles. The third-order valence-corrected chi connectivity index (χ3v) is 5.30. The average Bonchev–Trinajstić information content (AvgIpc) is 3.18. The second-order valence-electron chi connectivity index (χ2n) is 7.27. The summed E-state index contributed by atoms with van der Waals surface area (Å²) in [6.07, 6.45) is 3.97. The van der Waals surface area contributed by atoms with Gasteiger partial charge >= 0.3 is 0 Å². The number of carbonyl (C=O) groups excluding carboxylic acids is 1. The number of hydrogen-bond acceptors (Lipinski definition) is 5. The maximum Gasteiger partial charge on any atom is 0.231 e. The van der Waals surface area contributed by atoms with E-state index in [1.807, 2.05) is 18.2 Å². The summed E-state index contributed by atoms with van der Waals surface area (Å²) in [4.78, 5) is 17.9. The van der Waals surface area contributed by atoms with Gasteiger partial charge < -0.3 is 30.7 Å². The van der Waals surface area contributed by atoms with E-state index >= 15 is 0 Å². The largest absolute Gasteiger partial charge is 0.454 e. The summed E-state index contributed by atoms with van der Waals surface area (Å²) >= 11 is 0. The van der Waals surface area contributed by atoms with Crippen LogP contribution in [0, 0.1) is 5.92 Å². The van der Waals surface area contributed by atoms with Crippen LogP contribution in [0.3, 0.4) is 0 Å². The predicted octanol–water partition coefficient (Wildman–Crippen LogP) is 1.06. The molecule has 2 heterocycles. The van der Waals surface area contributed by atoms with E-state index in [0.717, 1.165) is 74.9 Å². The topological polar surface area (TPSA) is 101 Å². The fourth-order valence-electron chi connectivity index (χ4n) is 3.57. The highest BCUT2D eigenvalue weighted by atomic mass is 16.7. The summed E-state index contributed by atoms with van der Waals surface area (Å²) in [5.41, 5.74) is 6.50. The molecule has 0 unspecified atom stereocenters. The quantitative estimate of drug-likeness (QED) is 0.349. The van der Waals surface area contributed by atoms with Crippen LogP contribution in [0.25, 0.3) is 0 Å². The van der Waals surface area contributed by atoms with E-state index in [-0.39, 0.29) is 11.8 Å². The minimum absolute atomic E-state index is 0.0667. The number of hydrogen-bond donors (Lipinski definition) is 3. The predicted molar refractivity (Wildman–Crippen MR) is 108 cm³/mol. The number of aliphatic imine (C=N–C) groups is 1. The van der Waals surface area contributed by atoms with Crippen molar-refractivity contribution >= 4 is 11.9 Å². The van der Waals surface area contributed by atoms with Gasteiger partial charge in [0.05, 0.1) is 0 Å². The number of likely N-dealkylation sites (tertiary alicyclic amines) is 1. The van der Waals surface area contributed by atoms with E-state index in [9.17, 15) is 4.79 Å². The van der Waals surface area contributed by atoms with Gasteiger partial charge in [-0.15, -0.1) is 0 Å². The van der Waals surface area contributed by atoms with E-state index in [0.29, 0.717) is 13.3 Å². The van der Waals surface area contributed by atoms with Gasteiger partial charge in [-0.25, -0.2) is 0 Å². The summed E-state index contributed by atoms with van der Waals surface area (Å²) in [5.74, 6) is 2.30. The Morgan fingerprint density at radius 1 is 1.21 bits per heavy atom. The number of unbranched alkanes of at least 4 members (excludes halogenated alkanes) is 1. The zero-order valence-electron chi connectivity index (χ0n) is 16.6. The smallest absolute Gasteiger partial charge is 0.231 e. The van der Waals surface area contributed by atoms with Crippen molar-refractivity contribution in [2.45, 2.75) is 32.2 Å². The number of nitrogens with one attached hydrogen (secondary N) is 2. The van der Waals surface area contributed by atoms with Crippen molar-refractivity contribution in [1.82, 2.24) is 15.5 Å². The van der Waals surface area contributed by atoms with Crippen LogP contribution in [0.1, 0.15) is 31.2 Å². The first-order valence-electron chi connectivity index (χ1n) is 10.0. The van der Waals surface area contributed by atoms with Gasteiger partial charge in [0.25, 0.3) is 0 Å². The van der Waals surface area contributed by atoms with Crippen molar-refractivity contribution in [3.8, 4) is 11.5 Å². The third-order valence-electron chi connectivity index (χ3n) is 5.30. The fraction of sp³-hybridized carbons (Fsp3) is 0.600. The molecule has 28 heavy (non-hydrogen) atoms. The van der Waals surface area contributed by atoms with Crippen LogP contribution in [0.5, 0.6) is 11.5 Å². The standard InChI is InChI=1S/C20H31N5O3/c1-22-20(24-13-15-4-5-17-18(12-15)28-14-27-17)23-8-2-3-9-25-10-6-16(7-11-25)19(21)26/h4-5,12,16H,2-3,6-11,13-14H2,1H3,(H2,21,26)(H2,22,23,24). The van der Waals surface area contributed by atoms with Gasteiger partial charge in [0.15, 0.2) is 17.5 Å². The molecule has 1 saturated heterocycles. The molecule has 0 saturated carbocycles. The van der Waals surface area contributed by atoms with Gasteiger partial charge in [-0.3, -0.25) is 9.79 Å². The van der Waals surface area contributed by atoms with Gasteiger partial charge in [-0.1, -0.05) is 6.07 Å². The fourth-order valence-corrected chi connectivity index (χ4v) is 3.57. The summed E-state index contributed by atoms with van der Waals surface area (Å²) < 4.78 is 10.7. The number of fused-ring (bicyclic) bond motifs is 1. The van der Waals surface area contributed by atoms with Crippen molar-refractivity contribution in [2.24, 2.45) is 16.6 Å². The molecule has 1 aromatic carbocycles. The second kappa shape index (κ2) is 10.2. The lowest BCUT2D eigenvalue weighted by Crippen LogP contribution is -2.39. The number of guanidine groups is 1. The third kappa shape index (κ3) is 5.76. The van der Waals surface area contributed by atoms with Gasteiger partial charge in [-0.05, 0) is 63.0 Å². The minimum Gasteiger partial charge on any atom is -0.454 e. The highest BCUT2D eigenvalue weighted by Crippen LogP contribution is 2.32. The van der Waals surface area contributed by atoms with Gasteiger partial charge in [-0.2, -0.15) is 0 Å². The number of rotatable bonds is 8. The molecule has 4 N–H and O–H groups in total. The zero-order chi connectivity index (χ0) is 19.8. The lowest BCUT2D eigenvalue weighted by molar-refractivity contribution is -0.123. The Kier molecular flexibility index (Phi) is 7.36. The zero-order valence-corrected chi connectivity index (χ0v) is 16.6. The molecule has 0 bridgehead atoms. The summed E-state index contributed by atoms with van der Waals surface area (Å²) in [7, 11) is 1.78. The molecule has 0 aromatic heterocycles. The van der Waals surface area contributed by atoms with Crippen molar-refractivity contribution in [3.05, 3.63) is 23.8 Å². The van der Waals surface area contributed by atoms with Gasteiger partial charge in [0.1, 0.15) is 0 Å². The lowest BCUT2D eigenvalue weighted by atomic mass is 9.96. The molecule has 1 fully saturated rings. The number of amides is 1. The first kappa shape index (κ1) is 20.3. The molecule has 0 atom stereocenters. The maximum atomic E-state index is 11.2. The molecule has 0 radical (unpaired) electrons. The van der Waals surface area contributed by atoms with Gasteiger partial charge in [0, 0.05) is 26.1 Å². The monoisotopic (exact) mass is 389 g/mol. The van der Waals surface area contributed by atoms with Crippen LogP contribution in [0.4, 0.5) is 0 Å². The van der Waals surface area contributed by atoms with Gasteiger partial charge in [0.2, 0.25) is 12.7 Å². The second-order valence-corrected chi connectivity index (χ2v) is 7.27. The molecular formula is C20H31N5O3. The van der Waals surface area contributed by atoms with E-state index in [2.05, 4.69) is 20.5 Å². The van der Waals surface area contributed by atoms with Crippen molar-refractivity contribution < 1.29 is 14.3 Å². The first-order chi connectivity index (χ1) is 13.7. The molecule has 3 rings (SSSR count). The summed E-state index contributed by atoms with van der Waals surface area (Å²) in [6.45, 7) is 4.85. The molecule has 1 amide bonds. The van der Waals surface area contributed by atoms with Crippen molar-refractivity contribution in [2.75, 3.05) is 40.0 Å². The Bertz CT molecular complexity index is 686. The van der Waals surface area contributed by atoms with Crippen molar-refractivity contribution in [3.63, 3.8) is 0 Å². The molecular weight excluding hydrogens is 358 g/mol. The normalized spacial score (nSPS) is 17.5. The molecule has 8 nitrogen and oxygen atoms in total. The molecule has 8 heteroatoms. The van der Waals surface area contributed by atoms with E-state index in [1.165, 1.54) is 0 Å². The Balaban J connectivity index is 1.28. The van der Waals surface area contributed by atoms with E-state index in [1.54, 1.807) is 7.05 Å². The first-order valence-corrected chi connectivity index (χ1v) is 10.0. The Morgan fingerprint density at radius 2 is 2.00 bits per heavy atom. The molecule has 1 aromatic rings. The highest BCUT2D eigenvalue weighted by molar-refractivity contribution is 5.79. The molecule has 2 aliphatic rings. The number of primary amides is 1. The summed E-state index contributed by atoms with van der Waals surface area (Å²) in [5, 5.41) is 6.68. The van der Waals surface area contributed by atoms with Crippen molar-refractivity contribution in [1.29, 1.82) is 0 Å². The van der Waals surface area contributed by atoms with Crippen LogP contribution in [-0.2, 0) is 11.3 Å². The Labute approximate surface area is 166 Å². The SMILES string of the molecule is CN=C(NCCCCN1CCC(C(N)=O)CC1)NCc1ccc2c(c1)OCO2. The van der Waals surface area contributed by atoms with Crippen LogP contribution in [0.2, 0.25) is 0 Å². The lowest BCUT2D eigenvalue weighted by Gasteiger charge is -2.30. The number of carbonyl (C=O) groups is 1. The highest BCUT2D eigenvalue weighted by Gasteiger charge is 2.22. The molecule has 0 aliphatic carbocycles. The number of benzene rings is 1. The molecule has 0 spiro atoms. The Hall–Kier alpha value is -2.48. The Morgan fingerprint density at radius 3 is 2.75 bits per heavy atom. The van der Waals surface area contributed by atoms with Crippen LogP contribution in [-0.4, -0.2) is 56.8 Å². The number of nitrogens with zero attached hydrogens (tertiary/aromatic N) is 2. The molecule has 154 valence electrons. The minimum atomic E-state index is -0.150. The van der Waals surface area contributed by atoms with Crippen LogP contribution >= 0.6 is 0 Å². The van der Waals surface area contributed by atoms with E-state index in [4.69, 9.17) is 15.2 Å². The number of ether oxygens (including phenoxy) is 2. The van der Waals surface area contributed by atoms with E-state index < -0.39 is 0 Å². The maximum absolute atomic E-state index is 11.2. The number of piperidine rings is 1. The average molecular weight is 390 g/mol.